The molecule has 0 amide bonds. The predicted octanol–water partition coefficient (Wildman–Crippen LogP) is 2.67. The van der Waals surface area contributed by atoms with Gasteiger partial charge in [0.1, 0.15) is 12.1 Å². The van der Waals surface area contributed by atoms with E-state index in [2.05, 4.69) is 0 Å². The summed E-state index contributed by atoms with van der Waals surface area (Å²) < 4.78 is 6.94. The molecule has 0 fully saturated rings. The largest absolute Gasteiger partial charge is 0.459 e. The molecule has 0 unspecified atom stereocenters. The summed E-state index contributed by atoms with van der Waals surface area (Å²) in [6, 6.07) is 7.06. The number of carbonyl (C=O) groups is 2. The van der Waals surface area contributed by atoms with Gasteiger partial charge >= 0.3 is 5.97 Å². The first-order valence-electron chi connectivity index (χ1n) is 6.54. The minimum atomic E-state index is -0.554. The first-order valence-corrected chi connectivity index (χ1v) is 6.54. The molecule has 1 heterocycles. The molecule has 21 heavy (non-hydrogen) atoms. The summed E-state index contributed by atoms with van der Waals surface area (Å²) in [7, 11) is 0. The third-order valence-electron chi connectivity index (χ3n) is 2.89. The molecule has 0 aliphatic rings. The van der Waals surface area contributed by atoms with Gasteiger partial charge in [0.05, 0.1) is 11.6 Å². The van der Waals surface area contributed by atoms with Crippen LogP contribution in [-0.2, 0) is 16.1 Å². The van der Waals surface area contributed by atoms with E-state index in [1.54, 1.807) is 49.7 Å². The summed E-state index contributed by atoms with van der Waals surface area (Å²) >= 11 is 0. The summed E-state index contributed by atoms with van der Waals surface area (Å²) in [6.07, 6.45) is 2.32. The summed E-state index contributed by atoms with van der Waals surface area (Å²) in [4.78, 5) is 23.0. The Kier molecular flexibility index (Phi) is 3.81. The number of carbonyl (C=O) groups excluding carboxylic acids is 2. The van der Waals surface area contributed by atoms with Crippen LogP contribution in [0.1, 0.15) is 36.7 Å². The Bertz CT molecular complexity index is 745. The Morgan fingerprint density at radius 3 is 2.71 bits per heavy atom. The van der Waals surface area contributed by atoms with E-state index in [-0.39, 0.29) is 12.5 Å². The molecule has 5 heteroatoms. The fourth-order valence-electron chi connectivity index (χ4n) is 2.13. The number of hydrogen-bond donors (Lipinski definition) is 0. The topological polar surface area (TPSA) is 72.1 Å². The smallest absolute Gasteiger partial charge is 0.326 e. The summed E-state index contributed by atoms with van der Waals surface area (Å²) in [5.41, 5.74) is 1.09. The summed E-state index contributed by atoms with van der Waals surface area (Å²) in [5, 5.41) is 9.58. The van der Waals surface area contributed by atoms with Crippen LogP contribution in [0.5, 0.6) is 0 Å². The van der Waals surface area contributed by atoms with Gasteiger partial charge in [-0.3, -0.25) is 9.59 Å². The average molecular weight is 284 g/mol. The minimum absolute atomic E-state index is 0.0213. The molecule has 2 rings (SSSR count). The highest BCUT2D eigenvalue weighted by molar-refractivity contribution is 5.98. The van der Waals surface area contributed by atoms with Crippen LogP contribution in [0.2, 0.25) is 0 Å². The highest BCUT2D eigenvalue weighted by Gasteiger charge is 2.18. The van der Waals surface area contributed by atoms with Crippen LogP contribution in [0.25, 0.3) is 10.9 Å². The molecule has 0 aliphatic heterocycles. The Hall–Kier alpha value is -2.61. The maximum atomic E-state index is 11.9. The van der Waals surface area contributed by atoms with Gasteiger partial charge in [0, 0.05) is 22.7 Å². The molecule has 0 saturated heterocycles. The van der Waals surface area contributed by atoms with Crippen LogP contribution >= 0.6 is 0 Å². The third kappa shape index (κ3) is 3.29. The number of aldehydes is 1. The van der Waals surface area contributed by atoms with Crippen LogP contribution in [0.15, 0.2) is 24.4 Å². The molecule has 0 aliphatic carbocycles. The average Bonchev–Trinajstić information content (AvgIpc) is 2.73. The van der Waals surface area contributed by atoms with Crippen LogP contribution < -0.4 is 0 Å². The number of esters is 1. The van der Waals surface area contributed by atoms with E-state index in [9.17, 15) is 9.59 Å². The molecule has 0 atom stereocenters. The minimum Gasteiger partial charge on any atom is -0.459 e. The lowest BCUT2D eigenvalue weighted by atomic mass is 10.1. The summed E-state index contributed by atoms with van der Waals surface area (Å²) in [5.74, 6) is -0.374. The molecule has 0 bridgehead atoms. The molecular formula is C16H16N2O3. The Labute approximate surface area is 122 Å². The number of fused-ring (bicyclic) bond motifs is 1. The van der Waals surface area contributed by atoms with E-state index in [1.807, 2.05) is 6.07 Å². The van der Waals surface area contributed by atoms with Crippen molar-refractivity contribution in [3.05, 3.63) is 35.5 Å². The molecular weight excluding hydrogens is 268 g/mol. The van der Waals surface area contributed by atoms with E-state index < -0.39 is 5.60 Å². The standard InChI is InChI=1S/C16H16N2O3/c1-16(2,3)21-15(20)9-18-8-12(10-19)13-6-11(7-17)4-5-14(13)18/h4-6,8,10H,9H2,1-3H3. The second kappa shape index (κ2) is 5.41. The lowest BCUT2D eigenvalue weighted by molar-refractivity contribution is -0.155. The fraction of sp³-hybridized carbons (Fsp3) is 0.312. The van der Waals surface area contributed by atoms with Crippen molar-refractivity contribution in [1.29, 1.82) is 5.26 Å². The normalized spacial score (nSPS) is 11.1. The molecule has 108 valence electrons. The first kappa shape index (κ1) is 14.8. The molecule has 0 N–H and O–H groups in total. The molecule has 5 nitrogen and oxygen atoms in total. The van der Waals surface area contributed by atoms with E-state index >= 15 is 0 Å². The number of benzene rings is 1. The van der Waals surface area contributed by atoms with Crippen LogP contribution in [0.4, 0.5) is 0 Å². The van der Waals surface area contributed by atoms with Crippen molar-refractivity contribution in [2.75, 3.05) is 0 Å². The zero-order chi connectivity index (χ0) is 15.6. The zero-order valence-electron chi connectivity index (χ0n) is 12.2. The monoisotopic (exact) mass is 284 g/mol. The highest BCUT2D eigenvalue weighted by Crippen LogP contribution is 2.22. The SMILES string of the molecule is CC(C)(C)OC(=O)Cn1cc(C=O)c2cc(C#N)ccc21. The van der Waals surface area contributed by atoms with Gasteiger partial charge in [-0.05, 0) is 39.0 Å². The molecule has 0 radical (unpaired) electrons. The number of aromatic nitrogens is 1. The molecule has 0 saturated carbocycles. The molecule has 1 aromatic heterocycles. The lowest BCUT2D eigenvalue weighted by Crippen LogP contribution is -2.26. The zero-order valence-corrected chi connectivity index (χ0v) is 12.2. The quantitative estimate of drug-likeness (QED) is 0.641. The van der Waals surface area contributed by atoms with Crippen molar-refractivity contribution in [3.63, 3.8) is 0 Å². The number of nitrogens with zero attached hydrogens (tertiary/aromatic N) is 2. The Morgan fingerprint density at radius 2 is 2.14 bits per heavy atom. The van der Waals surface area contributed by atoms with Crippen LogP contribution in [-0.4, -0.2) is 22.4 Å². The second-order valence-electron chi connectivity index (χ2n) is 5.76. The number of nitriles is 1. The predicted molar refractivity (Wildman–Crippen MR) is 77.9 cm³/mol. The van der Waals surface area contributed by atoms with Crippen molar-refractivity contribution in [3.8, 4) is 6.07 Å². The highest BCUT2D eigenvalue weighted by atomic mass is 16.6. The Morgan fingerprint density at radius 1 is 1.43 bits per heavy atom. The van der Waals surface area contributed by atoms with Gasteiger partial charge in [0.25, 0.3) is 0 Å². The number of ether oxygens (including phenoxy) is 1. The van der Waals surface area contributed by atoms with Crippen molar-refractivity contribution in [2.24, 2.45) is 0 Å². The summed E-state index contributed by atoms with van der Waals surface area (Å²) in [6.45, 7) is 5.42. The first-order chi connectivity index (χ1) is 9.84. The van der Waals surface area contributed by atoms with Crippen molar-refractivity contribution in [2.45, 2.75) is 32.9 Å². The van der Waals surface area contributed by atoms with Crippen molar-refractivity contribution < 1.29 is 14.3 Å². The maximum absolute atomic E-state index is 11.9. The third-order valence-corrected chi connectivity index (χ3v) is 2.89. The second-order valence-corrected chi connectivity index (χ2v) is 5.76. The van der Waals surface area contributed by atoms with E-state index in [0.29, 0.717) is 16.5 Å². The van der Waals surface area contributed by atoms with Crippen molar-refractivity contribution >= 4 is 23.2 Å². The van der Waals surface area contributed by atoms with Crippen molar-refractivity contribution in [1.82, 2.24) is 4.57 Å². The maximum Gasteiger partial charge on any atom is 0.326 e. The lowest BCUT2D eigenvalue weighted by Gasteiger charge is -2.19. The van der Waals surface area contributed by atoms with Gasteiger partial charge in [-0.15, -0.1) is 0 Å². The van der Waals surface area contributed by atoms with Gasteiger partial charge in [-0.25, -0.2) is 0 Å². The van der Waals surface area contributed by atoms with Gasteiger partial charge < -0.3 is 9.30 Å². The van der Waals surface area contributed by atoms with Crippen LogP contribution in [0, 0.1) is 11.3 Å². The Balaban J connectivity index is 2.39. The van der Waals surface area contributed by atoms with Gasteiger partial charge in [0.15, 0.2) is 6.29 Å². The van der Waals surface area contributed by atoms with Gasteiger partial charge in [-0.2, -0.15) is 5.26 Å². The number of hydrogen-bond acceptors (Lipinski definition) is 4. The van der Waals surface area contributed by atoms with E-state index in [4.69, 9.17) is 10.00 Å². The van der Waals surface area contributed by atoms with E-state index in [1.165, 1.54) is 0 Å². The van der Waals surface area contributed by atoms with Gasteiger partial charge in [-0.1, -0.05) is 0 Å². The molecule has 0 spiro atoms. The van der Waals surface area contributed by atoms with Crippen LogP contribution in [0.3, 0.4) is 0 Å². The number of rotatable bonds is 3. The molecule has 1 aromatic carbocycles. The van der Waals surface area contributed by atoms with Gasteiger partial charge in [0.2, 0.25) is 0 Å². The van der Waals surface area contributed by atoms with E-state index in [0.717, 1.165) is 11.8 Å². The molecule has 2 aromatic rings. The fourth-order valence-corrected chi connectivity index (χ4v) is 2.13.